The predicted octanol–water partition coefficient (Wildman–Crippen LogP) is 1.18. The molecule has 0 unspecified atom stereocenters. The molecule has 0 heterocycles. The van der Waals surface area contributed by atoms with Gasteiger partial charge in [0.2, 0.25) is 0 Å². The first kappa shape index (κ1) is 10.1. The molecule has 0 aliphatic carbocycles. The second-order valence-corrected chi connectivity index (χ2v) is 1.32. The maximum atomic E-state index is 4.84. The molecule has 0 atom stereocenters. The monoisotopic (exact) mass is 118 g/mol. The molecule has 0 bridgehead atoms. The predicted molar refractivity (Wildman–Crippen MR) is 27.8 cm³/mol. The number of rotatable bonds is 1. The quantitative estimate of drug-likeness (QED) is 0.471. The molecular weight excluding hydrogens is 112 g/mol. The van der Waals surface area contributed by atoms with Crippen LogP contribution in [0.3, 0.4) is 0 Å². The van der Waals surface area contributed by atoms with Crippen molar-refractivity contribution in [1.29, 1.82) is 0 Å². The molecule has 0 aliphatic rings. The summed E-state index contributed by atoms with van der Waals surface area (Å²) in [6, 6.07) is 0. The Morgan fingerprint density at radius 1 is 1.50 bits per heavy atom. The van der Waals surface area contributed by atoms with E-state index in [4.69, 9.17) is 11.9 Å². The highest BCUT2D eigenvalue weighted by Crippen LogP contribution is 1.87. The van der Waals surface area contributed by atoms with E-state index < -0.39 is 0 Å². The van der Waals surface area contributed by atoms with Crippen LogP contribution in [0.5, 0.6) is 0 Å². The fraction of sp³-hybridized carbons (Fsp3) is 1.00. The normalized spacial score (nSPS) is 8.00. The van der Waals surface area contributed by atoms with Crippen molar-refractivity contribution in [2.24, 2.45) is 0 Å². The van der Waals surface area contributed by atoms with Crippen molar-refractivity contribution in [2.45, 2.75) is 20.0 Å². The minimum atomic E-state index is 0. The zero-order valence-corrected chi connectivity index (χ0v) is 6.24. The molecule has 0 spiro atoms. The molecule has 0 saturated heterocycles. The Morgan fingerprint density at radius 3 is 1.67 bits per heavy atom. The Bertz CT molecular complexity index is 24.8. The molecule has 3 heteroatoms. The lowest BCUT2D eigenvalue weighted by Crippen LogP contribution is -1.89. The van der Waals surface area contributed by atoms with Crippen molar-refractivity contribution < 1.29 is 4.29 Å². The summed E-state index contributed by atoms with van der Waals surface area (Å²) in [6.45, 7) is 3.74. The fourth-order valence-electron chi connectivity index (χ4n) is 0. The first-order valence-corrected chi connectivity index (χ1v) is 1.85. The lowest BCUT2D eigenvalue weighted by atomic mass is 10.5. The van der Waals surface area contributed by atoms with Crippen molar-refractivity contribution in [3.05, 3.63) is 0 Å². The Labute approximate surface area is 59.3 Å². The number of hydrogen-bond donors (Lipinski definition) is 0. The van der Waals surface area contributed by atoms with Gasteiger partial charge in [-0.1, -0.05) is 0 Å². The van der Waals surface area contributed by atoms with Gasteiger partial charge in [-0.25, -0.2) is 0 Å². The third-order valence-corrected chi connectivity index (χ3v) is 0.535. The minimum absolute atomic E-state index is 0. The van der Waals surface area contributed by atoms with E-state index in [1.807, 2.05) is 13.8 Å². The van der Waals surface area contributed by atoms with Crippen LogP contribution in [0.4, 0.5) is 0 Å². The first-order chi connectivity index (χ1) is 2.27. The highest BCUT2D eigenvalue weighted by molar-refractivity contribution is 6.07. The second-order valence-electron chi connectivity index (χ2n) is 1.14. The van der Waals surface area contributed by atoms with Gasteiger partial charge in [-0.05, 0) is 13.8 Å². The molecule has 0 saturated carbocycles. The number of hydrogen-bond acceptors (Lipinski definition) is 1. The fourth-order valence-corrected chi connectivity index (χ4v) is 0. The van der Waals surface area contributed by atoms with E-state index in [0.29, 0.717) is 0 Å². The zero-order chi connectivity index (χ0) is 4.28. The van der Waals surface area contributed by atoms with Gasteiger partial charge >= 0.3 is 0 Å². The molecule has 0 aromatic heterocycles. The molecule has 0 N–H and O–H groups in total. The molecule has 0 fully saturated rings. The topological polar surface area (TPSA) is 9.23 Å². The Morgan fingerprint density at radius 2 is 1.67 bits per heavy atom. The van der Waals surface area contributed by atoms with Gasteiger partial charge in [-0.15, -0.1) is 0 Å². The molecule has 6 heavy (non-hydrogen) atoms. The third-order valence-electron chi connectivity index (χ3n) is 0.178. The van der Waals surface area contributed by atoms with E-state index >= 15 is 0 Å². The molecule has 0 aliphatic heterocycles. The van der Waals surface area contributed by atoms with Gasteiger partial charge in [-0.2, -0.15) is 0 Å². The minimum Gasteiger partial charge on any atom is -0.276 e. The van der Waals surface area contributed by atoms with Crippen molar-refractivity contribution >= 4 is 34.9 Å². The van der Waals surface area contributed by atoms with Crippen molar-refractivity contribution in [3.8, 4) is 0 Å². The lowest BCUT2D eigenvalue weighted by molar-refractivity contribution is 0.269. The average molecular weight is 119 g/mol. The standard InChI is InChI=1S/C3H7ClO.Mg/c1-3(2)5-4;/h3H,1-2H3;. The van der Waals surface area contributed by atoms with E-state index in [2.05, 4.69) is 4.29 Å². The van der Waals surface area contributed by atoms with Crippen LogP contribution in [0.1, 0.15) is 13.8 Å². The lowest BCUT2D eigenvalue weighted by Gasteiger charge is -1.90. The zero-order valence-electron chi connectivity index (χ0n) is 4.07. The molecule has 2 radical (unpaired) electrons. The van der Waals surface area contributed by atoms with Gasteiger partial charge in [0.1, 0.15) is 0 Å². The Hall–Kier alpha value is 1.02. The van der Waals surface area contributed by atoms with Crippen LogP contribution in [0, 0.1) is 0 Å². The van der Waals surface area contributed by atoms with Gasteiger partial charge < -0.3 is 0 Å². The summed E-state index contributed by atoms with van der Waals surface area (Å²) < 4.78 is 4.22. The van der Waals surface area contributed by atoms with Gasteiger partial charge in [0.05, 0.1) is 18.0 Å². The molecule has 0 aromatic rings. The van der Waals surface area contributed by atoms with E-state index in [1.54, 1.807) is 0 Å². The van der Waals surface area contributed by atoms with Crippen LogP contribution in [0.15, 0.2) is 0 Å². The molecule has 1 nitrogen and oxygen atoms in total. The second kappa shape index (κ2) is 6.02. The van der Waals surface area contributed by atoms with Gasteiger partial charge in [0.15, 0.2) is 0 Å². The SMILES string of the molecule is CC(C)OCl.[Mg]. The molecular formula is C3H7ClMgO. The van der Waals surface area contributed by atoms with Crippen LogP contribution in [0.2, 0.25) is 0 Å². The smallest absolute Gasteiger partial charge is 0.0734 e. The van der Waals surface area contributed by atoms with Crippen LogP contribution >= 0.6 is 11.9 Å². The maximum Gasteiger partial charge on any atom is 0.0734 e. The van der Waals surface area contributed by atoms with Gasteiger partial charge in [0.25, 0.3) is 0 Å². The summed E-state index contributed by atoms with van der Waals surface area (Å²) in [5.41, 5.74) is 0. The summed E-state index contributed by atoms with van der Waals surface area (Å²) in [5.74, 6) is 0. The Balaban J connectivity index is 0. The van der Waals surface area contributed by atoms with E-state index in [9.17, 15) is 0 Å². The highest BCUT2D eigenvalue weighted by Gasteiger charge is 1.81. The van der Waals surface area contributed by atoms with Crippen molar-refractivity contribution in [2.75, 3.05) is 0 Å². The van der Waals surface area contributed by atoms with Crippen LogP contribution in [-0.4, -0.2) is 29.2 Å². The molecule has 0 rings (SSSR count). The van der Waals surface area contributed by atoms with Crippen LogP contribution in [-0.2, 0) is 4.29 Å². The Kier molecular flexibility index (Phi) is 10.1. The van der Waals surface area contributed by atoms with Gasteiger partial charge in [-0.3, -0.25) is 4.29 Å². The van der Waals surface area contributed by atoms with Crippen LogP contribution in [0.25, 0.3) is 0 Å². The van der Waals surface area contributed by atoms with E-state index in [0.717, 1.165) is 0 Å². The first-order valence-electron chi connectivity index (χ1n) is 1.54. The third kappa shape index (κ3) is 8.89. The van der Waals surface area contributed by atoms with E-state index in [-0.39, 0.29) is 29.2 Å². The average Bonchev–Trinajstić information content (AvgIpc) is 1.38. The van der Waals surface area contributed by atoms with Gasteiger partial charge in [0, 0.05) is 23.1 Å². The number of halogens is 1. The summed E-state index contributed by atoms with van der Waals surface area (Å²) in [6.07, 6.45) is 0.150. The molecule has 0 amide bonds. The van der Waals surface area contributed by atoms with Crippen molar-refractivity contribution in [3.63, 3.8) is 0 Å². The maximum absolute atomic E-state index is 4.84. The largest absolute Gasteiger partial charge is 0.276 e. The van der Waals surface area contributed by atoms with Crippen LogP contribution < -0.4 is 0 Å². The summed E-state index contributed by atoms with van der Waals surface area (Å²) in [5, 5.41) is 0. The summed E-state index contributed by atoms with van der Waals surface area (Å²) >= 11 is 4.84. The molecule has 0 aromatic carbocycles. The van der Waals surface area contributed by atoms with Crippen molar-refractivity contribution in [1.82, 2.24) is 0 Å². The van der Waals surface area contributed by atoms with E-state index in [1.165, 1.54) is 0 Å². The highest BCUT2D eigenvalue weighted by atomic mass is 35.5. The summed E-state index contributed by atoms with van der Waals surface area (Å²) in [7, 11) is 0. The molecule has 34 valence electrons. The summed E-state index contributed by atoms with van der Waals surface area (Å²) in [4.78, 5) is 0.